The molecule has 7 nitrogen and oxygen atoms in total. The second-order valence-electron chi connectivity index (χ2n) is 6.96. The molecule has 160 valence electrons. The van der Waals surface area contributed by atoms with E-state index in [9.17, 15) is 9.59 Å². The van der Waals surface area contributed by atoms with E-state index >= 15 is 0 Å². The Kier molecular flexibility index (Phi) is 6.52. The third kappa shape index (κ3) is 5.35. The second-order valence-corrected chi connectivity index (χ2v) is 7.94. The number of nitrogens with zero attached hydrogens (tertiary/aromatic N) is 2. The van der Waals surface area contributed by atoms with Crippen molar-refractivity contribution in [3.8, 4) is 11.4 Å². The highest BCUT2D eigenvalue weighted by Crippen LogP contribution is 2.16. The molecular formula is C24H20N4O3S. The fourth-order valence-corrected chi connectivity index (χ4v) is 3.59. The summed E-state index contributed by atoms with van der Waals surface area (Å²) in [6.07, 6.45) is 1.64. The van der Waals surface area contributed by atoms with E-state index in [4.69, 9.17) is 4.52 Å². The van der Waals surface area contributed by atoms with E-state index < -0.39 is 5.91 Å². The van der Waals surface area contributed by atoms with Crippen LogP contribution >= 0.6 is 11.3 Å². The normalized spacial score (nSPS) is 11.2. The number of aryl methyl sites for hydroxylation is 1. The number of carbonyl (C=O) groups excluding carboxylic acids is 2. The number of carbonyl (C=O) groups is 2. The van der Waals surface area contributed by atoms with Crippen LogP contribution in [0.2, 0.25) is 0 Å². The highest BCUT2D eigenvalue weighted by molar-refractivity contribution is 7.10. The number of benzene rings is 2. The Morgan fingerprint density at radius 3 is 2.66 bits per heavy atom. The average Bonchev–Trinajstić information content (AvgIpc) is 3.50. The molecule has 0 bridgehead atoms. The van der Waals surface area contributed by atoms with Gasteiger partial charge in [0.2, 0.25) is 11.7 Å². The Hall–Kier alpha value is -4.04. The smallest absolute Gasteiger partial charge is 0.268 e. The van der Waals surface area contributed by atoms with Crippen LogP contribution < -0.4 is 10.6 Å². The van der Waals surface area contributed by atoms with Gasteiger partial charge in [0.25, 0.3) is 11.8 Å². The van der Waals surface area contributed by atoms with Crippen molar-refractivity contribution in [3.05, 3.63) is 99.7 Å². The number of amides is 2. The third-order valence-electron chi connectivity index (χ3n) is 4.50. The lowest BCUT2D eigenvalue weighted by Gasteiger charge is -2.10. The molecule has 0 saturated carbocycles. The molecule has 32 heavy (non-hydrogen) atoms. The van der Waals surface area contributed by atoms with E-state index in [2.05, 4.69) is 20.8 Å². The number of nitrogens with one attached hydrogen (secondary N) is 2. The molecule has 2 heterocycles. The molecule has 2 aromatic carbocycles. The molecule has 0 unspecified atom stereocenters. The lowest BCUT2D eigenvalue weighted by atomic mass is 10.1. The van der Waals surface area contributed by atoms with Crippen molar-refractivity contribution in [2.75, 3.05) is 0 Å². The Morgan fingerprint density at radius 1 is 1.06 bits per heavy atom. The summed E-state index contributed by atoms with van der Waals surface area (Å²) < 4.78 is 5.24. The van der Waals surface area contributed by atoms with Crippen LogP contribution in [0.4, 0.5) is 0 Å². The molecular weight excluding hydrogens is 424 g/mol. The maximum Gasteiger partial charge on any atom is 0.268 e. The van der Waals surface area contributed by atoms with Crippen molar-refractivity contribution in [2.24, 2.45) is 0 Å². The van der Waals surface area contributed by atoms with Crippen LogP contribution in [0.25, 0.3) is 17.5 Å². The van der Waals surface area contributed by atoms with Gasteiger partial charge in [0.1, 0.15) is 5.70 Å². The van der Waals surface area contributed by atoms with E-state index in [1.807, 2.05) is 60.8 Å². The molecule has 0 saturated heterocycles. The highest BCUT2D eigenvalue weighted by atomic mass is 32.1. The minimum absolute atomic E-state index is 0.0285. The maximum absolute atomic E-state index is 12.9. The SMILES string of the molecule is Cc1cccc(C(=O)N/C(=C\c2cccs2)C(=O)NCc2nc(-c3ccccc3)no2)c1. The largest absolute Gasteiger partial charge is 0.342 e. The van der Waals surface area contributed by atoms with Crippen LogP contribution in [-0.4, -0.2) is 22.0 Å². The van der Waals surface area contributed by atoms with Crippen LogP contribution in [0.5, 0.6) is 0 Å². The summed E-state index contributed by atoms with van der Waals surface area (Å²) in [5.41, 5.74) is 2.37. The highest BCUT2D eigenvalue weighted by Gasteiger charge is 2.16. The van der Waals surface area contributed by atoms with Crippen LogP contribution in [0, 0.1) is 6.92 Å². The molecule has 2 aromatic heterocycles. The second kappa shape index (κ2) is 9.84. The molecule has 4 rings (SSSR count). The first-order valence-corrected chi connectivity index (χ1v) is 10.8. The van der Waals surface area contributed by atoms with Gasteiger partial charge in [0.05, 0.1) is 6.54 Å². The van der Waals surface area contributed by atoms with Gasteiger partial charge in [-0.2, -0.15) is 4.98 Å². The summed E-state index contributed by atoms with van der Waals surface area (Å²) in [5.74, 6) is -0.121. The summed E-state index contributed by atoms with van der Waals surface area (Å²) in [7, 11) is 0. The third-order valence-corrected chi connectivity index (χ3v) is 5.32. The summed E-state index contributed by atoms with van der Waals surface area (Å²) in [5, 5.41) is 11.3. The Morgan fingerprint density at radius 2 is 1.91 bits per heavy atom. The molecule has 0 fully saturated rings. The van der Waals surface area contributed by atoms with E-state index in [-0.39, 0.29) is 24.0 Å². The van der Waals surface area contributed by atoms with Crippen molar-refractivity contribution in [1.29, 1.82) is 0 Å². The Bertz CT molecular complexity index is 1250. The molecule has 0 aliphatic rings. The summed E-state index contributed by atoms with van der Waals surface area (Å²) in [4.78, 5) is 30.7. The van der Waals surface area contributed by atoms with Gasteiger partial charge in [-0.15, -0.1) is 11.3 Å². The van der Waals surface area contributed by atoms with E-state index in [0.29, 0.717) is 11.4 Å². The quantitative estimate of drug-likeness (QED) is 0.417. The zero-order chi connectivity index (χ0) is 22.3. The van der Waals surface area contributed by atoms with Gasteiger partial charge >= 0.3 is 0 Å². The molecule has 8 heteroatoms. The van der Waals surface area contributed by atoms with Gasteiger partial charge in [-0.05, 0) is 36.6 Å². The van der Waals surface area contributed by atoms with Gasteiger partial charge in [0, 0.05) is 16.0 Å². The first-order chi connectivity index (χ1) is 15.6. The Labute approximate surface area is 188 Å². The molecule has 0 atom stereocenters. The van der Waals surface area contributed by atoms with E-state index in [0.717, 1.165) is 16.0 Å². The van der Waals surface area contributed by atoms with Gasteiger partial charge < -0.3 is 15.2 Å². The summed E-state index contributed by atoms with van der Waals surface area (Å²) >= 11 is 1.46. The van der Waals surface area contributed by atoms with Crippen molar-refractivity contribution in [2.45, 2.75) is 13.5 Å². The minimum atomic E-state index is -0.459. The lowest BCUT2D eigenvalue weighted by Crippen LogP contribution is -2.34. The van der Waals surface area contributed by atoms with E-state index in [1.165, 1.54) is 11.3 Å². The predicted octanol–water partition coefficient (Wildman–Crippen LogP) is 4.19. The number of hydrogen-bond acceptors (Lipinski definition) is 6. The number of aromatic nitrogens is 2. The van der Waals surface area contributed by atoms with Crippen molar-refractivity contribution in [3.63, 3.8) is 0 Å². The lowest BCUT2D eigenvalue weighted by molar-refractivity contribution is -0.118. The van der Waals surface area contributed by atoms with Gasteiger partial charge in [-0.25, -0.2) is 0 Å². The zero-order valence-electron chi connectivity index (χ0n) is 17.2. The average molecular weight is 445 g/mol. The number of rotatable bonds is 7. The van der Waals surface area contributed by atoms with Crippen LogP contribution in [0.15, 0.2) is 82.3 Å². The van der Waals surface area contributed by atoms with E-state index in [1.54, 1.807) is 24.3 Å². The monoisotopic (exact) mass is 444 g/mol. The predicted molar refractivity (Wildman–Crippen MR) is 123 cm³/mol. The van der Waals surface area contributed by atoms with Crippen molar-refractivity contribution < 1.29 is 14.1 Å². The maximum atomic E-state index is 12.9. The topological polar surface area (TPSA) is 97.1 Å². The fourth-order valence-electron chi connectivity index (χ4n) is 2.94. The number of hydrogen-bond donors (Lipinski definition) is 2. The first-order valence-electron chi connectivity index (χ1n) is 9.88. The number of thiophene rings is 1. The van der Waals surface area contributed by atoms with Crippen LogP contribution in [0.3, 0.4) is 0 Å². The van der Waals surface area contributed by atoms with Crippen molar-refractivity contribution in [1.82, 2.24) is 20.8 Å². The van der Waals surface area contributed by atoms with Crippen molar-refractivity contribution >= 4 is 29.2 Å². The molecule has 0 spiro atoms. The molecule has 0 aliphatic carbocycles. The van der Waals surface area contributed by atoms with Gasteiger partial charge in [-0.3, -0.25) is 9.59 Å². The van der Waals surface area contributed by atoms with Crippen LogP contribution in [-0.2, 0) is 11.3 Å². The van der Waals surface area contributed by atoms with Gasteiger partial charge in [-0.1, -0.05) is 59.3 Å². The zero-order valence-corrected chi connectivity index (χ0v) is 18.1. The molecule has 4 aromatic rings. The molecule has 2 amide bonds. The molecule has 2 N–H and O–H groups in total. The molecule has 0 aliphatic heterocycles. The fraction of sp³-hybridized carbons (Fsp3) is 0.0833. The Balaban J connectivity index is 1.47. The standard InChI is InChI=1S/C24H20N4O3S/c1-16-7-5-10-18(13-16)23(29)26-20(14-19-11-6-12-32-19)24(30)25-15-21-27-22(28-31-21)17-8-3-2-4-9-17/h2-14H,15H2,1H3,(H,25,30)(H,26,29)/b20-14-. The van der Waals surface area contributed by atoms with Gasteiger partial charge in [0.15, 0.2) is 0 Å². The summed E-state index contributed by atoms with van der Waals surface area (Å²) in [6, 6.07) is 20.3. The van der Waals surface area contributed by atoms with Crippen LogP contribution in [0.1, 0.15) is 26.7 Å². The first kappa shape index (κ1) is 21.2. The minimum Gasteiger partial charge on any atom is -0.342 e. The molecule has 0 radical (unpaired) electrons. The summed E-state index contributed by atoms with van der Waals surface area (Å²) in [6.45, 7) is 1.93.